The summed E-state index contributed by atoms with van der Waals surface area (Å²) in [6.07, 6.45) is 4.51. The first-order valence-corrected chi connectivity index (χ1v) is 8.52. The molecule has 3 heterocycles. The fraction of sp³-hybridized carbons (Fsp3) is 0.412. The fourth-order valence-corrected chi connectivity index (χ4v) is 3.70. The van der Waals surface area contributed by atoms with Gasteiger partial charge in [-0.2, -0.15) is 0 Å². The molecule has 0 spiro atoms. The van der Waals surface area contributed by atoms with Crippen LogP contribution in [0.1, 0.15) is 52.0 Å². The summed E-state index contributed by atoms with van der Waals surface area (Å²) in [5.74, 6) is 0.843. The van der Waals surface area contributed by atoms with Crippen LogP contribution in [0.2, 0.25) is 0 Å². The number of aryl methyl sites for hydroxylation is 1. The molecule has 1 aliphatic rings. The minimum absolute atomic E-state index is 0.00158. The van der Waals surface area contributed by atoms with Gasteiger partial charge in [0.25, 0.3) is 5.91 Å². The summed E-state index contributed by atoms with van der Waals surface area (Å²) in [5, 5.41) is 1.91. The molecule has 5 heteroatoms. The van der Waals surface area contributed by atoms with Crippen LogP contribution in [0.3, 0.4) is 0 Å². The molecule has 2 aromatic rings. The second-order valence-corrected chi connectivity index (χ2v) is 6.46. The van der Waals surface area contributed by atoms with E-state index < -0.39 is 0 Å². The molecule has 3 rings (SSSR count). The second-order valence-electron chi connectivity index (χ2n) is 5.51. The van der Waals surface area contributed by atoms with Crippen LogP contribution in [0.15, 0.2) is 34.3 Å². The summed E-state index contributed by atoms with van der Waals surface area (Å²) >= 11 is 1.46. The molecule has 0 unspecified atom stereocenters. The maximum Gasteiger partial charge on any atom is 0.257 e. The molecule has 2 aromatic heterocycles. The summed E-state index contributed by atoms with van der Waals surface area (Å²) in [7, 11) is 0. The van der Waals surface area contributed by atoms with Crippen molar-refractivity contribution in [3.05, 3.63) is 46.0 Å². The molecule has 1 fully saturated rings. The SMILES string of the molecule is CCc1occc1C(=O)N1CCC[C@H]1CC(=O)c1cccs1. The summed E-state index contributed by atoms with van der Waals surface area (Å²) in [5.41, 5.74) is 0.637. The summed E-state index contributed by atoms with van der Waals surface area (Å²) in [6, 6.07) is 5.47. The van der Waals surface area contributed by atoms with Crippen molar-refractivity contribution in [2.45, 2.75) is 38.6 Å². The number of thiophene rings is 1. The molecular formula is C17H19NO3S. The number of Topliss-reactive ketones (excluding diaryl/α,β-unsaturated/α-hetero) is 1. The smallest absolute Gasteiger partial charge is 0.257 e. The number of furan rings is 1. The highest BCUT2D eigenvalue weighted by Gasteiger charge is 2.32. The van der Waals surface area contributed by atoms with Gasteiger partial charge in [0, 0.05) is 25.4 Å². The van der Waals surface area contributed by atoms with Crippen LogP contribution in [-0.4, -0.2) is 29.2 Å². The zero-order valence-electron chi connectivity index (χ0n) is 12.6. The van der Waals surface area contributed by atoms with Crippen LogP contribution >= 0.6 is 11.3 Å². The Morgan fingerprint density at radius 3 is 3.00 bits per heavy atom. The standard InChI is InChI=1S/C17H19NO3S/c1-2-15-13(7-9-21-15)17(20)18-8-3-5-12(18)11-14(19)16-6-4-10-22-16/h4,6-7,9-10,12H,2-3,5,8,11H2,1H3/t12-/m0/s1. The normalized spacial score (nSPS) is 17.9. The van der Waals surface area contributed by atoms with Crippen molar-refractivity contribution in [3.8, 4) is 0 Å². The number of nitrogens with zero attached hydrogens (tertiary/aromatic N) is 1. The maximum absolute atomic E-state index is 12.7. The highest BCUT2D eigenvalue weighted by Crippen LogP contribution is 2.26. The number of rotatable bonds is 5. The zero-order chi connectivity index (χ0) is 15.5. The van der Waals surface area contributed by atoms with Crippen LogP contribution in [0.4, 0.5) is 0 Å². The third-order valence-electron chi connectivity index (χ3n) is 4.15. The van der Waals surface area contributed by atoms with Crippen LogP contribution in [0.5, 0.6) is 0 Å². The molecule has 1 atom stereocenters. The van der Waals surface area contributed by atoms with E-state index in [1.165, 1.54) is 11.3 Å². The van der Waals surface area contributed by atoms with Crippen LogP contribution < -0.4 is 0 Å². The van der Waals surface area contributed by atoms with Gasteiger partial charge in [0.2, 0.25) is 0 Å². The van der Waals surface area contributed by atoms with Crippen molar-refractivity contribution < 1.29 is 14.0 Å². The molecule has 1 aliphatic heterocycles. The Hall–Kier alpha value is -1.88. The van der Waals surface area contributed by atoms with Crippen molar-refractivity contribution in [2.75, 3.05) is 6.54 Å². The average molecular weight is 317 g/mol. The Kier molecular flexibility index (Phi) is 4.43. The highest BCUT2D eigenvalue weighted by atomic mass is 32.1. The Morgan fingerprint density at radius 2 is 2.27 bits per heavy atom. The lowest BCUT2D eigenvalue weighted by molar-refractivity contribution is 0.0715. The topological polar surface area (TPSA) is 50.5 Å². The Bertz CT molecular complexity index is 659. The molecule has 0 saturated carbocycles. The van der Waals surface area contributed by atoms with E-state index in [9.17, 15) is 9.59 Å². The van der Waals surface area contributed by atoms with E-state index in [0.29, 0.717) is 18.4 Å². The lowest BCUT2D eigenvalue weighted by Gasteiger charge is -2.24. The number of carbonyl (C=O) groups excluding carboxylic acids is 2. The van der Waals surface area contributed by atoms with E-state index >= 15 is 0 Å². The molecule has 116 valence electrons. The van der Waals surface area contributed by atoms with Crippen LogP contribution in [0.25, 0.3) is 0 Å². The third-order valence-corrected chi connectivity index (χ3v) is 5.06. The van der Waals surface area contributed by atoms with Gasteiger partial charge in [-0.3, -0.25) is 9.59 Å². The van der Waals surface area contributed by atoms with Crippen LogP contribution in [-0.2, 0) is 6.42 Å². The molecule has 0 radical (unpaired) electrons. The predicted molar refractivity (Wildman–Crippen MR) is 85.4 cm³/mol. The number of amides is 1. The van der Waals surface area contributed by atoms with Gasteiger partial charge in [0.1, 0.15) is 5.76 Å². The number of hydrogen-bond acceptors (Lipinski definition) is 4. The first-order valence-electron chi connectivity index (χ1n) is 7.64. The fourth-order valence-electron chi connectivity index (χ4n) is 3.03. The lowest BCUT2D eigenvalue weighted by Crippen LogP contribution is -2.37. The van der Waals surface area contributed by atoms with E-state index in [2.05, 4.69) is 0 Å². The van der Waals surface area contributed by atoms with Gasteiger partial charge in [-0.05, 0) is 30.4 Å². The average Bonchev–Trinajstić information content (AvgIpc) is 3.26. The first kappa shape index (κ1) is 15.0. The largest absolute Gasteiger partial charge is 0.469 e. The van der Waals surface area contributed by atoms with Gasteiger partial charge in [0.05, 0.1) is 16.7 Å². The lowest BCUT2D eigenvalue weighted by atomic mass is 10.1. The Labute approximate surface area is 133 Å². The van der Waals surface area contributed by atoms with Gasteiger partial charge >= 0.3 is 0 Å². The van der Waals surface area contributed by atoms with Crippen molar-refractivity contribution in [2.24, 2.45) is 0 Å². The van der Waals surface area contributed by atoms with Gasteiger partial charge < -0.3 is 9.32 Å². The molecule has 0 aliphatic carbocycles. The van der Waals surface area contributed by atoms with Gasteiger partial charge in [0.15, 0.2) is 5.78 Å². The number of hydrogen-bond donors (Lipinski definition) is 0. The molecule has 1 saturated heterocycles. The minimum Gasteiger partial charge on any atom is -0.469 e. The van der Waals surface area contributed by atoms with E-state index in [-0.39, 0.29) is 17.7 Å². The van der Waals surface area contributed by atoms with Crippen molar-refractivity contribution in [1.82, 2.24) is 4.90 Å². The summed E-state index contributed by atoms with van der Waals surface area (Å²) in [4.78, 5) is 27.6. The predicted octanol–water partition coefficient (Wildman–Crippen LogP) is 3.78. The molecule has 22 heavy (non-hydrogen) atoms. The second kappa shape index (κ2) is 6.48. The van der Waals surface area contributed by atoms with E-state index in [1.54, 1.807) is 12.3 Å². The minimum atomic E-state index is -0.00733. The van der Waals surface area contributed by atoms with Crippen molar-refractivity contribution >= 4 is 23.0 Å². The highest BCUT2D eigenvalue weighted by molar-refractivity contribution is 7.12. The van der Waals surface area contributed by atoms with E-state index in [4.69, 9.17) is 4.42 Å². The third kappa shape index (κ3) is 2.86. The monoisotopic (exact) mass is 317 g/mol. The quantitative estimate of drug-likeness (QED) is 0.789. The van der Waals surface area contributed by atoms with Gasteiger partial charge in [-0.1, -0.05) is 13.0 Å². The summed E-state index contributed by atoms with van der Waals surface area (Å²) < 4.78 is 5.36. The molecular weight excluding hydrogens is 298 g/mol. The summed E-state index contributed by atoms with van der Waals surface area (Å²) in [6.45, 7) is 2.69. The van der Waals surface area contributed by atoms with Crippen molar-refractivity contribution in [3.63, 3.8) is 0 Å². The molecule has 0 aromatic carbocycles. The Morgan fingerprint density at radius 1 is 1.41 bits per heavy atom. The van der Waals surface area contributed by atoms with Crippen LogP contribution in [0, 0.1) is 0 Å². The number of carbonyl (C=O) groups is 2. The number of likely N-dealkylation sites (tertiary alicyclic amines) is 1. The molecule has 4 nitrogen and oxygen atoms in total. The maximum atomic E-state index is 12.7. The van der Waals surface area contributed by atoms with Gasteiger partial charge in [-0.15, -0.1) is 11.3 Å². The van der Waals surface area contributed by atoms with E-state index in [1.807, 2.05) is 29.3 Å². The van der Waals surface area contributed by atoms with E-state index in [0.717, 1.165) is 30.0 Å². The number of ketones is 1. The molecule has 1 amide bonds. The first-order chi connectivity index (χ1) is 10.7. The molecule has 0 bridgehead atoms. The zero-order valence-corrected chi connectivity index (χ0v) is 13.4. The molecule has 0 N–H and O–H groups in total. The van der Waals surface area contributed by atoms with Gasteiger partial charge in [-0.25, -0.2) is 0 Å². The van der Waals surface area contributed by atoms with Crippen molar-refractivity contribution in [1.29, 1.82) is 0 Å². The Balaban J connectivity index is 1.73.